The second-order valence-corrected chi connectivity index (χ2v) is 6.01. The average molecular weight is 276 g/mol. The first kappa shape index (κ1) is 15.1. The van der Waals surface area contributed by atoms with E-state index in [1.165, 1.54) is 38.5 Å². The molecule has 0 saturated heterocycles. The van der Waals surface area contributed by atoms with Gasteiger partial charge in [0, 0.05) is 24.6 Å². The Morgan fingerprint density at radius 2 is 1.75 bits per heavy atom. The minimum Gasteiger partial charge on any atom is -0.370 e. The fraction of sp³-hybridized carbons (Fsp3) is 0.750. The van der Waals surface area contributed by atoms with E-state index >= 15 is 0 Å². The van der Waals surface area contributed by atoms with E-state index in [4.69, 9.17) is 0 Å². The monoisotopic (exact) mass is 276 g/mol. The highest BCUT2D eigenvalue weighted by Gasteiger charge is 2.14. The highest BCUT2D eigenvalue weighted by molar-refractivity contribution is 5.48. The quantitative estimate of drug-likeness (QED) is 0.793. The first-order valence-corrected chi connectivity index (χ1v) is 8.08. The number of nitrogens with one attached hydrogen (secondary N) is 2. The first-order chi connectivity index (χ1) is 9.69. The summed E-state index contributed by atoms with van der Waals surface area (Å²) in [5.41, 5.74) is 0. The van der Waals surface area contributed by atoms with E-state index in [9.17, 15) is 0 Å². The lowest BCUT2D eigenvalue weighted by molar-refractivity contribution is 0.616. The number of aromatic nitrogens is 2. The van der Waals surface area contributed by atoms with Crippen LogP contribution < -0.4 is 10.6 Å². The fourth-order valence-corrected chi connectivity index (χ4v) is 2.70. The van der Waals surface area contributed by atoms with Gasteiger partial charge in [0.1, 0.15) is 17.5 Å². The normalized spacial score (nSPS) is 17.0. The maximum Gasteiger partial charge on any atom is 0.135 e. The van der Waals surface area contributed by atoms with Crippen molar-refractivity contribution in [2.24, 2.45) is 0 Å². The summed E-state index contributed by atoms with van der Waals surface area (Å²) in [6.07, 6.45) is 7.94. The zero-order valence-corrected chi connectivity index (χ0v) is 13.1. The van der Waals surface area contributed by atoms with Crippen molar-refractivity contribution in [3.8, 4) is 0 Å². The van der Waals surface area contributed by atoms with Gasteiger partial charge >= 0.3 is 0 Å². The largest absolute Gasteiger partial charge is 0.370 e. The maximum atomic E-state index is 4.68. The van der Waals surface area contributed by atoms with Crippen molar-refractivity contribution in [3.05, 3.63) is 11.9 Å². The van der Waals surface area contributed by atoms with Gasteiger partial charge in [0.15, 0.2) is 0 Å². The van der Waals surface area contributed by atoms with Crippen LogP contribution in [0.1, 0.15) is 71.0 Å². The van der Waals surface area contributed by atoms with Gasteiger partial charge in [-0.1, -0.05) is 39.5 Å². The lowest BCUT2D eigenvalue weighted by Crippen LogP contribution is -2.20. The summed E-state index contributed by atoms with van der Waals surface area (Å²) >= 11 is 0. The molecular formula is C16H28N4. The van der Waals surface area contributed by atoms with Crippen molar-refractivity contribution >= 4 is 11.6 Å². The molecule has 1 aliphatic carbocycles. The molecule has 112 valence electrons. The average Bonchev–Trinajstić information content (AvgIpc) is 2.67. The van der Waals surface area contributed by atoms with Crippen molar-refractivity contribution in [2.45, 2.75) is 71.3 Å². The van der Waals surface area contributed by atoms with E-state index in [2.05, 4.69) is 41.4 Å². The van der Waals surface area contributed by atoms with Crippen molar-refractivity contribution in [2.75, 3.05) is 17.2 Å². The highest BCUT2D eigenvalue weighted by Crippen LogP contribution is 2.22. The van der Waals surface area contributed by atoms with Crippen LogP contribution in [-0.4, -0.2) is 22.6 Å². The molecule has 0 bridgehead atoms. The highest BCUT2D eigenvalue weighted by atomic mass is 15.1. The van der Waals surface area contributed by atoms with E-state index in [0.29, 0.717) is 12.0 Å². The van der Waals surface area contributed by atoms with Crippen LogP contribution in [0.3, 0.4) is 0 Å². The SMILES string of the molecule is CCNc1cc(NC2CCCCCC2)nc(C(C)C)n1. The van der Waals surface area contributed by atoms with Crippen LogP contribution in [0.4, 0.5) is 11.6 Å². The van der Waals surface area contributed by atoms with E-state index < -0.39 is 0 Å². The van der Waals surface area contributed by atoms with Crippen LogP contribution in [0.2, 0.25) is 0 Å². The summed E-state index contributed by atoms with van der Waals surface area (Å²) in [4.78, 5) is 9.25. The molecule has 1 aromatic heterocycles. The third kappa shape index (κ3) is 4.36. The van der Waals surface area contributed by atoms with Crippen molar-refractivity contribution in [3.63, 3.8) is 0 Å². The topological polar surface area (TPSA) is 49.8 Å². The smallest absolute Gasteiger partial charge is 0.135 e. The van der Waals surface area contributed by atoms with Crippen LogP contribution in [-0.2, 0) is 0 Å². The molecular weight excluding hydrogens is 248 g/mol. The molecule has 0 spiro atoms. The molecule has 1 saturated carbocycles. The van der Waals surface area contributed by atoms with E-state index in [1.807, 2.05) is 6.07 Å². The Morgan fingerprint density at radius 3 is 2.35 bits per heavy atom. The molecule has 0 amide bonds. The van der Waals surface area contributed by atoms with E-state index in [0.717, 1.165) is 24.0 Å². The maximum absolute atomic E-state index is 4.68. The van der Waals surface area contributed by atoms with Gasteiger partial charge in [0.25, 0.3) is 0 Å². The minimum atomic E-state index is 0.350. The van der Waals surface area contributed by atoms with Gasteiger partial charge in [-0.15, -0.1) is 0 Å². The van der Waals surface area contributed by atoms with E-state index in [-0.39, 0.29) is 0 Å². The number of rotatable bonds is 5. The summed E-state index contributed by atoms with van der Waals surface area (Å²) in [7, 11) is 0. The molecule has 1 fully saturated rings. The van der Waals surface area contributed by atoms with Gasteiger partial charge in [0.05, 0.1) is 0 Å². The fourth-order valence-electron chi connectivity index (χ4n) is 2.70. The molecule has 1 aromatic rings. The van der Waals surface area contributed by atoms with Crippen LogP contribution >= 0.6 is 0 Å². The second kappa shape index (κ2) is 7.46. The molecule has 0 unspecified atom stereocenters. The predicted octanol–water partition coefficient (Wildman–Crippen LogP) is 4.17. The lowest BCUT2D eigenvalue weighted by atomic mass is 10.1. The van der Waals surface area contributed by atoms with Gasteiger partial charge in [-0.3, -0.25) is 0 Å². The number of nitrogens with zero attached hydrogens (tertiary/aromatic N) is 2. The number of anilines is 2. The molecule has 2 N–H and O–H groups in total. The summed E-state index contributed by atoms with van der Waals surface area (Å²) in [5, 5.41) is 6.93. The van der Waals surface area contributed by atoms with Crippen LogP contribution in [0, 0.1) is 0 Å². The molecule has 4 nitrogen and oxygen atoms in total. The summed E-state index contributed by atoms with van der Waals surface area (Å²) in [6, 6.07) is 2.61. The molecule has 20 heavy (non-hydrogen) atoms. The zero-order chi connectivity index (χ0) is 14.4. The lowest BCUT2D eigenvalue weighted by Gasteiger charge is -2.18. The predicted molar refractivity (Wildman–Crippen MR) is 85.4 cm³/mol. The Balaban J connectivity index is 2.12. The summed E-state index contributed by atoms with van der Waals surface area (Å²) in [5.74, 6) is 3.18. The van der Waals surface area contributed by atoms with Gasteiger partial charge < -0.3 is 10.6 Å². The molecule has 1 heterocycles. The van der Waals surface area contributed by atoms with Crippen molar-refractivity contribution in [1.29, 1.82) is 0 Å². The van der Waals surface area contributed by atoms with Crippen molar-refractivity contribution < 1.29 is 0 Å². The Kier molecular flexibility index (Phi) is 5.62. The molecule has 0 radical (unpaired) electrons. The molecule has 0 aromatic carbocycles. The van der Waals surface area contributed by atoms with Gasteiger partial charge in [-0.25, -0.2) is 9.97 Å². The molecule has 0 aliphatic heterocycles. The number of hydrogen-bond donors (Lipinski definition) is 2. The van der Waals surface area contributed by atoms with E-state index in [1.54, 1.807) is 0 Å². The molecule has 0 atom stereocenters. The Hall–Kier alpha value is -1.32. The molecule has 4 heteroatoms. The number of hydrogen-bond acceptors (Lipinski definition) is 4. The third-order valence-electron chi connectivity index (χ3n) is 3.82. The van der Waals surface area contributed by atoms with Crippen LogP contribution in [0.25, 0.3) is 0 Å². The standard InChI is InChI=1S/C16H28N4/c1-4-17-14-11-15(20-16(19-14)12(2)3)18-13-9-7-5-6-8-10-13/h11-13H,4-10H2,1-3H3,(H2,17,18,19,20). The summed E-state index contributed by atoms with van der Waals surface area (Å²) < 4.78 is 0. The van der Waals surface area contributed by atoms with Crippen LogP contribution in [0.15, 0.2) is 6.07 Å². The summed E-state index contributed by atoms with van der Waals surface area (Å²) in [6.45, 7) is 7.26. The van der Waals surface area contributed by atoms with Gasteiger partial charge in [0.2, 0.25) is 0 Å². The van der Waals surface area contributed by atoms with Gasteiger partial charge in [-0.2, -0.15) is 0 Å². The molecule has 1 aliphatic rings. The second-order valence-electron chi connectivity index (χ2n) is 6.01. The Bertz CT molecular complexity index is 409. The minimum absolute atomic E-state index is 0.350. The van der Waals surface area contributed by atoms with Gasteiger partial charge in [-0.05, 0) is 19.8 Å². The Morgan fingerprint density at radius 1 is 1.10 bits per heavy atom. The zero-order valence-electron chi connectivity index (χ0n) is 13.1. The first-order valence-electron chi connectivity index (χ1n) is 8.08. The Labute approximate surface area is 122 Å². The third-order valence-corrected chi connectivity index (χ3v) is 3.82. The molecule has 2 rings (SSSR count). The van der Waals surface area contributed by atoms with Crippen molar-refractivity contribution in [1.82, 2.24) is 9.97 Å². The van der Waals surface area contributed by atoms with Crippen LogP contribution in [0.5, 0.6) is 0 Å².